The molecule has 1 saturated heterocycles. The van der Waals surface area contributed by atoms with Gasteiger partial charge in [-0.15, -0.1) is 0 Å². The van der Waals surface area contributed by atoms with Crippen LogP contribution in [-0.4, -0.2) is 67.5 Å². The van der Waals surface area contributed by atoms with E-state index in [2.05, 4.69) is 5.32 Å². The lowest BCUT2D eigenvalue weighted by Crippen LogP contribution is -2.55. The van der Waals surface area contributed by atoms with Crippen LogP contribution in [0.3, 0.4) is 0 Å². The van der Waals surface area contributed by atoms with E-state index < -0.39 is 10.2 Å². The molecule has 0 aromatic rings. The number of piperazine rings is 1. The Morgan fingerprint density at radius 2 is 1.94 bits per heavy atom. The maximum absolute atomic E-state index is 12.6. The van der Waals surface area contributed by atoms with E-state index in [9.17, 15) is 8.42 Å². The van der Waals surface area contributed by atoms with Crippen LogP contribution in [0.2, 0.25) is 0 Å². The molecule has 1 aliphatic carbocycles. The molecule has 0 radical (unpaired) electrons. The van der Waals surface area contributed by atoms with E-state index in [1.807, 2.05) is 0 Å². The normalized spacial score (nSPS) is 23.2. The Bertz CT molecular complexity index is 351. The average Bonchev–Trinajstić information content (AvgIpc) is 2.33. The molecule has 2 aliphatic rings. The van der Waals surface area contributed by atoms with Gasteiger partial charge in [-0.25, -0.2) is 0 Å². The number of hydrogen-bond acceptors (Lipinski definition) is 4. The van der Waals surface area contributed by atoms with Crippen molar-refractivity contribution in [1.29, 1.82) is 0 Å². The van der Waals surface area contributed by atoms with Gasteiger partial charge in [0.1, 0.15) is 0 Å². The molecule has 0 spiro atoms. The number of hydrogen-bond donors (Lipinski definition) is 2. The molecular formula is C11H23N3O3S. The Kier molecular flexibility index (Phi) is 4.97. The van der Waals surface area contributed by atoms with Crippen molar-refractivity contribution >= 4 is 10.2 Å². The molecule has 7 heteroatoms. The van der Waals surface area contributed by atoms with Crippen molar-refractivity contribution in [2.75, 3.05) is 39.3 Å². The van der Waals surface area contributed by atoms with Crippen LogP contribution >= 0.6 is 0 Å². The molecule has 2 rings (SSSR count). The molecule has 0 unspecified atom stereocenters. The van der Waals surface area contributed by atoms with Gasteiger partial charge in [0, 0.05) is 45.4 Å². The molecule has 0 aromatic heterocycles. The fourth-order valence-corrected chi connectivity index (χ4v) is 4.30. The van der Waals surface area contributed by atoms with Gasteiger partial charge >= 0.3 is 0 Å². The van der Waals surface area contributed by atoms with Crippen molar-refractivity contribution in [3.63, 3.8) is 0 Å². The van der Waals surface area contributed by atoms with Gasteiger partial charge in [-0.2, -0.15) is 17.0 Å². The predicted molar refractivity (Wildman–Crippen MR) is 69.4 cm³/mol. The number of aliphatic hydroxyl groups is 1. The zero-order chi connectivity index (χ0) is 13.0. The van der Waals surface area contributed by atoms with Crippen LogP contribution in [0.15, 0.2) is 0 Å². The molecule has 6 nitrogen and oxygen atoms in total. The van der Waals surface area contributed by atoms with Gasteiger partial charge in [-0.1, -0.05) is 6.42 Å². The van der Waals surface area contributed by atoms with E-state index in [1.165, 1.54) is 0 Å². The first kappa shape index (κ1) is 14.2. The largest absolute Gasteiger partial charge is 0.396 e. The zero-order valence-corrected chi connectivity index (χ0v) is 11.5. The van der Waals surface area contributed by atoms with Gasteiger partial charge in [0.2, 0.25) is 0 Å². The lowest BCUT2D eigenvalue weighted by atomic mass is 9.93. The summed E-state index contributed by atoms with van der Waals surface area (Å²) in [5.41, 5.74) is 0. The molecule has 0 amide bonds. The average molecular weight is 277 g/mol. The first-order chi connectivity index (χ1) is 8.66. The number of aliphatic hydroxyl groups excluding tert-OH is 1. The van der Waals surface area contributed by atoms with E-state index in [0.29, 0.717) is 26.1 Å². The van der Waals surface area contributed by atoms with E-state index in [1.54, 1.807) is 8.61 Å². The highest BCUT2D eigenvalue weighted by molar-refractivity contribution is 7.86. The van der Waals surface area contributed by atoms with E-state index >= 15 is 0 Å². The Labute approximate surface area is 109 Å². The fraction of sp³-hybridized carbons (Fsp3) is 1.00. The maximum Gasteiger partial charge on any atom is 0.282 e. The van der Waals surface area contributed by atoms with Gasteiger partial charge < -0.3 is 10.4 Å². The highest BCUT2D eigenvalue weighted by Gasteiger charge is 2.37. The van der Waals surface area contributed by atoms with Crippen LogP contribution in [0, 0.1) is 0 Å². The van der Waals surface area contributed by atoms with Gasteiger partial charge in [0.25, 0.3) is 10.2 Å². The second-order valence-corrected chi connectivity index (χ2v) is 6.81. The van der Waals surface area contributed by atoms with Crippen molar-refractivity contribution in [3.05, 3.63) is 0 Å². The van der Waals surface area contributed by atoms with Crippen molar-refractivity contribution in [2.24, 2.45) is 0 Å². The van der Waals surface area contributed by atoms with Crippen molar-refractivity contribution in [2.45, 2.75) is 31.7 Å². The lowest BCUT2D eigenvalue weighted by molar-refractivity contribution is 0.184. The summed E-state index contributed by atoms with van der Waals surface area (Å²) >= 11 is 0. The second kappa shape index (κ2) is 6.29. The summed E-state index contributed by atoms with van der Waals surface area (Å²) in [5.74, 6) is 0. The van der Waals surface area contributed by atoms with Crippen molar-refractivity contribution < 1.29 is 13.5 Å². The van der Waals surface area contributed by atoms with Gasteiger partial charge in [0.15, 0.2) is 0 Å². The Balaban J connectivity index is 2.06. The van der Waals surface area contributed by atoms with Crippen LogP contribution in [-0.2, 0) is 10.2 Å². The minimum absolute atomic E-state index is 0.0420. The van der Waals surface area contributed by atoms with Crippen LogP contribution in [0.4, 0.5) is 0 Å². The number of nitrogens with one attached hydrogen (secondary N) is 1. The third-order valence-electron chi connectivity index (χ3n) is 3.72. The van der Waals surface area contributed by atoms with Crippen LogP contribution in [0.25, 0.3) is 0 Å². The molecule has 2 fully saturated rings. The van der Waals surface area contributed by atoms with E-state index in [-0.39, 0.29) is 12.6 Å². The van der Waals surface area contributed by atoms with Crippen LogP contribution in [0.1, 0.15) is 25.7 Å². The highest BCUT2D eigenvalue weighted by Crippen LogP contribution is 2.28. The Morgan fingerprint density at radius 1 is 1.28 bits per heavy atom. The minimum atomic E-state index is -3.34. The SMILES string of the molecule is O=S(=O)(N1CCNCC1)N(CCCO)C1CCC1. The predicted octanol–water partition coefficient (Wildman–Crippen LogP) is -0.627. The minimum Gasteiger partial charge on any atom is -0.396 e. The summed E-state index contributed by atoms with van der Waals surface area (Å²) in [4.78, 5) is 0. The molecule has 0 bridgehead atoms. The standard InChI is InChI=1S/C11H23N3O3S/c15-10-2-7-14(11-3-1-4-11)18(16,17)13-8-5-12-6-9-13/h11-12,15H,1-10H2. The monoisotopic (exact) mass is 277 g/mol. The third-order valence-corrected chi connectivity index (χ3v) is 5.81. The van der Waals surface area contributed by atoms with E-state index in [0.717, 1.165) is 32.4 Å². The molecule has 1 saturated carbocycles. The maximum atomic E-state index is 12.6. The summed E-state index contributed by atoms with van der Waals surface area (Å²) in [6, 6.07) is 0.149. The summed E-state index contributed by atoms with van der Waals surface area (Å²) in [5, 5.41) is 12.1. The van der Waals surface area contributed by atoms with Gasteiger partial charge in [-0.05, 0) is 19.3 Å². The Hall–Kier alpha value is -0.210. The first-order valence-corrected chi connectivity index (χ1v) is 8.14. The van der Waals surface area contributed by atoms with Gasteiger partial charge in [0.05, 0.1) is 0 Å². The summed E-state index contributed by atoms with van der Waals surface area (Å²) in [6.07, 6.45) is 3.53. The summed E-state index contributed by atoms with van der Waals surface area (Å²) in [7, 11) is -3.34. The molecule has 0 aromatic carbocycles. The molecule has 1 heterocycles. The second-order valence-electron chi connectivity index (χ2n) is 4.93. The van der Waals surface area contributed by atoms with Gasteiger partial charge in [-0.3, -0.25) is 0 Å². The molecule has 2 N–H and O–H groups in total. The first-order valence-electron chi connectivity index (χ1n) is 6.75. The molecule has 106 valence electrons. The molecular weight excluding hydrogens is 254 g/mol. The lowest BCUT2D eigenvalue weighted by Gasteiger charge is -2.40. The van der Waals surface area contributed by atoms with E-state index in [4.69, 9.17) is 5.11 Å². The van der Waals surface area contributed by atoms with Crippen molar-refractivity contribution in [1.82, 2.24) is 13.9 Å². The topological polar surface area (TPSA) is 72.9 Å². The third kappa shape index (κ3) is 3.03. The zero-order valence-electron chi connectivity index (χ0n) is 10.7. The van der Waals surface area contributed by atoms with Crippen LogP contribution < -0.4 is 5.32 Å². The quantitative estimate of drug-likeness (QED) is 0.678. The summed E-state index contributed by atoms with van der Waals surface area (Å²) in [6.45, 7) is 3.01. The number of nitrogens with zero attached hydrogens (tertiary/aromatic N) is 2. The smallest absolute Gasteiger partial charge is 0.282 e. The molecule has 0 atom stereocenters. The fourth-order valence-electron chi connectivity index (χ4n) is 2.41. The molecule has 18 heavy (non-hydrogen) atoms. The van der Waals surface area contributed by atoms with Crippen LogP contribution in [0.5, 0.6) is 0 Å². The Morgan fingerprint density at radius 3 is 2.44 bits per heavy atom. The highest BCUT2D eigenvalue weighted by atomic mass is 32.2. The van der Waals surface area contributed by atoms with Crippen molar-refractivity contribution in [3.8, 4) is 0 Å². The number of rotatable bonds is 6. The summed E-state index contributed by atoms with van der Waals surface area (Å²) < 4.78 is 28.3. The molecule has 1 aliphatic heterocycles.